The zero-order valence-corrected chi connectivity index (χ0v) is 20.2. The van der Waals surface area contributed by atoms with Crippen molar-refractivity contribution in [2.75, 3.05) is 5.32 Å². The van der Waals surface area contributed by atoms with Gasteiger partial charge < -0.3 is 9.88 Å². The van der Waals surface area contributed by atoms with Gasteiger partial charge in [0.05, 0.1) is 22.5 Å². The molecule has 0 unspecified atom stereocenters. The monoisotopic (exact) mass is 461 g/mol. The highest BCUT2D eigenvalue weighted by molar-refractivity contribution is 7.22. The van der Waals surface area contributed by atoms with E-state index in [1.165, 1.54) is 11.3 Å². The Morgan fingerprint density at radius 1 is 1.00 bits per heavy atom. The van der Waals surface area contributed by atoms with Gasteiger partial charge in [-0.1, -0.05) is 35.1 Å². The lowest BCUT2D eigenvalue weighted by Gasteiger charge is -2.21. The van der Waals surface area contributed by atoms with E-state index < -0.39 is 0 Å². The van der Waals surface area contributed by atoms with Crippen molar-refractivity contribution in [1.82, 2.24) is 19.9 Å². The average molecular weight is 462 g/mol. The third-order valence-corrected chi connectivity index (χ3v) is 6.21. The molecule has 4 aromatic rings. The minimum atomic E-state index is -0.290. The van der Waals surface area contributed by atoms with Crippen LogP contribution in [0.15, 0.2) is 48.7 Å². The number of benzene rings is 1. The van der Waals surface area contributed by atoms with Crippen LogP contribution >= 0.6 is 11.3 Å². The third-order valence-electron chi connectivity index (χ3n) is 5.22. The Morgan fingerprint density at radius 2 is 1.73 bits per heavy atom. The van der Waals surface area contributed by atoms with Crippen molar-refractivity contribution in [1.29, 1.82) is 0 Å². The van der Waals surface area contributed by atoms with Crippen LogP contribution < -0.4 is 10.6 Å². The molecule has 0 bridgehead atoms. The van der Waals surface area contributed by atoms with E-state index in [0.29, 0.717) is 28.5 Å². The quantitative estimate of drug-likeness (QED) is 0.435. The van der Waals surface area contributed by atoms with Crippen LogP contribution in [-0.4, -0.2) is 26.3 Å². The van der Waals surface area contributed by atoms with Crippen molar-refractivity contribution in [3.63, 3.8) is 0 Å². The van der Waals surface area contributed by atoms with Crippen molar-refractivity contribution < 1.29 is 9.59 Å². The number of nitrogens with zero attached hydrogens (tertiary/aromatic N) is 3. The zero-order chi connectivity index (χ0) is 23.8. The molecule has 4 rings (SSSR count). The first-order chi connectivity index (χ1) is 15.6. The van der Waals surface area contributed by atoms with Gasteiger partial charge in [0, 0.05) is 23.0 Å². The molecule has 0 atom stereocenters. The first-order valence-corrected chi connectivity index (χ1v) is 11.5. The van der Waals surface area contributed by atoms with Gasteiger partial charge in [-0.25, -0.2) is 4.98 Å². The van der Waals surface area contributed by atoms with Crippen LogP contribution in [0.4, 0.5) is 5.13 Å². The van der Waals surface area contributed by atoms with Gasteiger partial charge in [-0.2, -0.15) is 0 Å². The summed E-state index contributed by atoms with van der Waals surface area (Å²) in [6.07, 6.45) is 1.83. The van der Waals surface area contributed by atoms with Gasteiger partial charge in [-0.3, -0.25) is 19.9 Å². The summed E-state index contributed by atoms with van der Waals surface area (Å²) in [4.78, 5) is 34.8. The predicted molar refractivity (Wildman–Crippen MR) is 132 cm³/mol. The molecule has 8 heteroatoms. The Morgan fingerprint density at radius 3 is 2.39 bits per heavy atom. The minimum Gasteiger partial charge on any atom is -0.346 e. The molecular formula is C25H27N5O2S. The van der Waals surface area contributed by atoms with Crippen molar-refractivity contribution in [3.05, 3.63) is 76.7 Å². The molecule has 3 heterocycles. The fraction of sp³-hybridized carbons (Fsp3) is 0.280. The van der Waals surface area contributed by atoms with Crippen LogP contribution in [-0.2, 0) is 12.1 Å². The molecule has 0 spiro atoms. The van der Waals surface area contributed by atoms with E-state index in [1.54, 1.807) is 12.1 Å². The van der Waals surface area contributed by atoms with E-state index in [1.807, 2.05) is 54.9 Å². The number of hydrogen-bond donors (Lipinski definition) is 2. The number of rotatable bonds is 5. The third kappa shape index (κ3) is 4.96. The summed E-state index contributed by atoms with van der Waals surface area (Å²) in [5.74, 6) is -0.434. The number of carbonyl (C=O) groups is 2. The van der Waals surface area contributed by atoms with Gasteiger partial charge in [-0.05, 0) is 58.9 Å². The van der Waals surface area contributed by atoms with E-state index in [4.69, 9.17) is 0 Å². The first kappa shape index (κ1) is 22.7. The van der Waals surface area contributed by atoms with Gasteiger partial charge in [-0.15, -0.1) is 0 Å². The molecule has 0 saturated heterocycles. The van der Waals surface area contributed by atoms with Crippen molar-refractivity contribution in [3.8, 4) is 0 Å². The maximum Gasteiger partial charge on any atom is 0.257 e. The lowest BCUT2D eigenvalue weighted by Crippen LogP contribution is -2.24. The second-order valence-electron chi connectivity index (χ2n) is 9.03. The van der Waals surface area contributed by atoms with Crippen LogP contribution in [0.2, 0.25) is 0 Å². The van der Waals surface area contributed by atoms with Crippen LogP contribution in [0.3, 0.4) is 0 Å². The second-order valence-corrected chi connectivity index (χ2v) is 10.0. The van der Waals surface area contributed by atoms with Gasteiger partial charge in [0.25, 0.3) is 11.8 Å². The Kier molecular flexibility index (Phi) is 6.03. The van der Waals surface area contributed by atoms with Gasteiger partial charge in [0.1, 0.15) is 0 Å². The molecule has 170 valence electrons. The highest BCUT2D eigenvalue weighted by Gasteiger charge is 2.25. The Labute approximate surface area is 196 Å². The van der Waals surface area contributed by atoms with E-state index in [-0.39, 0.29) is 17.4 Å². The number of pyridine rings is 1. The molecule has 0 aliphatic carbocycles. The number of anilines is 1. The first-order valence-electron chi connectivity index (χ1n) is 10.7. The molecule has 2 N–H and O–H groups in total. The number of thiazole rings is 1. The normalized spacial score (nSPS) is 11.5. The number of aryl methyl sites for hydroxylation is 2. The van der Waals surface area contributed by atoms with Gasteiger partial charge in [0.15, 0.2) is 10.8 Å². The summed E-state index contributed by atoms with van der Waals surface area (Å²) in [5.41, 5.74) is 4.25. The maximum atomic E-state index is 13.1. The largest absolute Gasteiger partial charge is 0.346 e. The molecule has 1 aromatic carbocycles. The SMILES string of the molecule is Cc1ccc(C(=O)Nc2nc3c(s2)c(C(=O)NCc2cccc(C)n2)cn3C(C)(C)C)cc1. The molecule has 2 amide bonds. The number of carbonyl (C=O) groups excluding carboxylic acids is 2. The van der Waals surface area contributed by atoms with E-state index in [0.717, 1.165) is 21.7 Å². The number of fused-ring (bicyclic) bond motifs is 1. The molecule has 7 nitrogen and oxygen atoms in total. The fourth-order valence-corrected chi connectivity index (χ4v) is 4.42. The molecule has 0 aliphatic rings. The molecule has 0 fully saturated rings. The number of hydrogen-bond acceptors (Lipinski definition) is 5. The van der Waals surface area contributed by atoms with Crippen molar-refractivity contribution in [2.24, 2.45) is 0 Å². The topological polar surface area (TPSA) is 88.9 Å². The van der Waals surface area contributed by atoms with E-state index in [9.17, 15) is 9.59 Å². The minimum absolute atomic E-state index is 0.202. The standard InChI is InChI=1S/C25H27N5O2S/c1-15-9-11-17(12-10-15)22(31)29-24-28-21-20(33-24)19(14-30(21)25(3,4)5)23(32)26-13-18-8-6-7-16(2)27-18/h6-12,14H,13H2,1-5H3,(H,26,32)(H,28,29,31). The van der Waals surface area contributed by atoms with Gasteiger partial charge >= 0.3 is 0 Å². The summed E-state index contributed by atoms with van der Waals surface area (Å²) in [5, 5.41) is 6.29. The summed E-state index contributed by atoms with van der Waals surface area (Å²) in [7, 11) is 0. The van der Waals surface area contributed by atoms with E-state index >= 15 is 0 Å². The molecular weight excluding hydrogens is 434 g/mol. The second kappa shape index (κ2) is 8.78. The van der Waals surface area contributed by atoms with Crippen LogP contribution in [0.1, 0.15) is 58.4 Å². The highest BCUT2D eigenvalue weighted by atomic mass is 32.1. The lowest BCUT2D eigenvalue weighted by atomic mass is 10.1. The van der Waals surface area contributed by atoms with Crippen LogP contribution in [0.25, 0.3) is 10.3 Å². The predicted octanol–water partition coefficient (Wildman–Crippen LogP) is 5.05. The Hall–Kier alpha value is -3.52. The zero-order valence-electron chi connectivity index (χ0n) is 19.4. The van der Waals surface area contributed by atoms with Gasteiger partial charge in [0.2, 0.25) is 0 Å². The fourth-order valence-electron chi connectivity index (χ4n) is 3.46. The molecule has 0 aliphatic heterocycles. The molecule has 33 heavy (non-hydrogen) atoms. The number of amides is 2. The van der Waals surface area contributed by atoms with Crippen LogP contribution in [0.5, 0.6) is 0 Å². The molecule has 3 aromatic heterocycles. The van der Waals surface area contributed by atoms with Crippen LogP contribution in [0, 0.1) is 13.8 Å². The smallest absolute Gasteiger partial charge is 0.257 e. The maximum absolute atomic E-state index is 13.1. The molecule has 0 radical (unpaired) electrons. The van der Waals surface area contributed by atoms with Crippen molar-refractivity contribution in [2.45, 2.75) is 46.7 Å². The number of aromatic nitrogens is 3. The summed E-state index contributed by atoms with van der Waals surface area (Å²) in [6, 6.07) is 13.1. The lowest BCUT2D eigenvalue weighted by molar-refractivity contribution is 0.0951. The summed E-state index contributed by atoms with van der Waals surface area (Å²) >= 11 is 1.30. The Balaban J connectivity index is 1.62. The average Bonchev–Trinajstić information content (AvgIpc) is 3.30. The Bertz CT molecular complexity index is 1330. The summed E-state index contributed by atoms with van der Waals surface area (Å²) < 4.78 is 2.71. The van der Waals surface area contributed by atoms with Crippen molar-refractivity contribution >= 4 is 38.6 Å². The van der Waals surface area contributed by atoms with E-state index in [2.05, 4.69) is 41.4 Å². The molecule has 0 saturated carbocycles. The number of nitrogens with one attached hydrogen (secondary N) is 2. The summed E-state index contributed by atoms with van der Waals surface area (Å²) in [6.45, 7) is 10.4. The highest BCUT2D eigenvalue weighted by Crippen LogP contribution is 2.34.